The standard InChI is InChI=1S/C9H8ClNO2/c10-6-1-2-8(12)7(5-6)9-3-4-11-13-9/h1,3-5,8,12H,2H2. The number of aliphatic hydroxyl groups is 1. The van der Waals surface area contributed by atoms with Gasteiger partial charge in [0.1, 0.15) is 0 Å². The molecule has 68 valence electrons. The van der Waals surface area contributed by atoms with Crippen LogP contribution in [0, 0.1) is 0 Å². The van der Waals surface area contributed by atoms with E-state index in [0.717, 1.165) is 0 Å². The molecule has 1 N–H and O–H groups in total. The van der Waals surface area contributed by atoms with Gasteiger partial charge in [-0.1, -0.05) is 22.8 Å². The third-order valence-electron chi connectivity index (χ3n) is 1.91. The molecule has 3 nitrogen and oxygen atoms in total. The summed E-state index contributed by atoms with van der Waals surface area (Å²) in [5.74, 6) is 0.568. The molecule has 1 aromatic rings. The molecular weight excluding hydrogens is 190 g/mol. The lowest BCUT2D eigenvalue weighted by molar-refractivity contribution is 0.230. The van der Waals surface area contributed by atoms with Crippen LogP contribution in [0.5, 0.6) is 0 Å². The summed E-state index contributed by atoms with van der Waals surface area (Å²) in [6, 6.07) is 1.70. The van der Waals surface area contributed by atoms with Crippen LogP contribution in [0.25, 0.3) is 5.57 Å². The van der Waals surface area contributed by atoms with Crippen molar-refractivity contribution in [3.8, 4) is 0 Å². The highest BCUT2D eigenvalue weighted by Gasteiger charge is 2.18. The average Bonchev–Trinajstić information content (AvgIpc) is 2.61. The van der Waals surface area contributed by atoms with E-state index in [1.54, 1.807) is 18.2 Å². The molecule has 1 aliphatic carbocycles. The zero-order valence-electron chi connectivity index (χ0n) is 6.77. The van der Waals surface area contributed by atoms with Crippen molar-refractivity contribution in [2.45, 2.75) is 12.5 Å². The van der Waals surface area contributed by atoms with Crippen molar-refractivity contribution in [2.24, 2.45) is 0 Å². The molecule has 0 amide bonds. The fourth-order valence-corrected chi connectivity index (χ4v) is 1.46. The monoisotopic (exact) mass is 197 g/mol. The molecule has 1 aromatic heterocycles. The summed E-state index contributed by atoms with van der Waals surface area (Å²) in [6.45, 7) is 0. The number of aromatic nitrogens is 1. The van der Waals surface area contributed by atoms with E-state index >= 15 is 0 Å². The maximum absolute atomic E-state index is 9.60. The van der Waals surface area contributed by atoms with Crippen LogP contribution in [-0.4, -0.2) is 16.4 Å². The van der Waals surface area contributed by atoms with Gasteiger partial charge in [0.15, 0.2) is 5.76 Å². The van der Waals surface area contributed by atoms with Gasteiger partial charge in [0.05, 0.1) is 12.3 Å². The molecule has 2 rings (SSSR count). The van der Waals surface area contributed by atoms with Crippen molar-refractivity contribution in [3.63, 3.8) is 0 Å². The fraction of sp³-hybridized carbons (Fsp3) is 0.222. The minimum atomic E-state index is -0.546. The predicted octanol–water partition coefficient (Wildman–Crippen LogP) is 1.95. The lowest BCUT2D eigenvalue weighted by atomic mass is 10.00. The highest BCUT2D eigenvalue weighted by atomic mass is 35.5. The van der Waals surface area contributed by atoms with E-state index < -0.39 is 6.10 Å². The van der Waals surface area contributed by atoms with Gasteiger partial charge in [-0.05, 0) is 12.5 Å². The second kappa shape index (κ2) is 3.36. The van der Waals surface area contributed by atoms with E-state index in [0.29, 0.717) is 22.8 Å². The van der Waals surface area contributed by atoms with E-state index in [9.17, 15) is 5.11 Å². The Hall–Kier alpha value is -1.06. The van der Waals surface area contributed by atoms with Crippen LogP contribution in [0.4, 0.5) is 0 Å². The molecule has 1 atom stereocenters. The lowest BCUT2D eigenvalue weighted by Gasteiger charge is -2.14. The van der Waals surface area contributed by atoms with Crippen LogP contribution in [0.2, 0.25) is 0 Å². The maximum atomic E-state index is 9.60. The summed E-state index contributed by atoms with van der Waals surface area (Å²) in [5, 5.41) is 13.8. The normalized spacial score (nSPS) is 22.5. The smallest absolute Gasteiger partial charge is 0.165 e. The molecule has 1 unspecified atom stereocenters. The lowest BCUT2D eigenvalue weighted by Crippen LogP contribution is -2.10. The van der Waals surface area contributed by atoms with E-state index in [1.165, 1.54) is 6.20 Å². The molecule has 0 radical (unpaired) electrons. The molecular formula is C9H8ClNO2. The Morgan fingerprint density at radius 1 is 1.62 bits per heavy atom. The Bertz CT molecular complexity index is 354. The number of nitrogens with zero attached hydrogens (tertiary/aromatic N) is 1. The Balaban J connectivity index is 2.37. The Kier molecular flexibility index (Phi) is 2.20. The fourth-order valence-electron chi connectivity index (χ4n) is 1.25. The van der Waals surface area contributed by atoms with Crippen molar-refractivity contribution >= 4 is 17.2 Å². The summed E-state index contributed by atoms with van der Waals surface area (Å²) in [5.41, 5.74) is 0.685. The minimum Gasteiger partial charge on any atom is -0.388 e. The molecule has 13 heavy (non-hydrogen) atoms. The van der Waals surface area contributed by atoms with Gasteiger partial charge >= 0.3 is 0 Å². The van der Waals surface area contributed by atoms with Crippen molar-refractivity contribution < 1.29 is 9.63 Å². The molecule has 1 heterocycles. The van der Waals surface area contributed by atoms with E-state index in [-0.39, 0.29) is 0 Å². The van der Waals surface area contributed by atoms with Gasteiger partial charge in [0.2, 0.25) is 0 Å². The molecule has 0 aromatic carbocycles. The maximum Gasteiger partial charge on any atom is 0.165 e. The summed E-state index contributed by atoms with van der Waals surface area (Å²) < 4.78 is 4.93. The van der Waals surface area contributed by atoms with Gasteiger partial charge in [-0.3, -0.25) is 0 Å². The number of hydrogen-bond donors (Lipinski definition) is 1. The zero-order valence-corrected chi connectivity index (χ0v) is 7.53. The van der Waals surface area contributed by atoms with Crippen molar-refractivity contribution in [1.82, 2.24) is 5.16 Å². The summed E-state index contributed by atoms with van der Waals surface area (Å²) in [7, 11) is 0. The van der Waals surface area contributed by atoms with Crippen LogP contribution < -0.4 is 0 Å². The van der Waals surface area contributed by atoms with E-state index in [4.69, 9.17) is 16.1 Å². The first-order chi connectivity index (χ1) is 6.27. The first-order valence-corrected chi connectivity index (χ1v) is 4.31. The van der Waals surface area contributed by atoms with E-state index in [1.807, 2.05) is 0 Å². The molecule has 1 aliphatic rings. The van der Waals surface area contributed by atoms with Gasteiger partial charge in [0.25, 0.3) is 0 Å². The molecule has 0 saturated carbocycles. The quantitative estimate of drug-likeness (QED) is 0.749. The van der Waals surface area contributed by atoms with E-state index in [2.05, 4.69) is 5.16 Å². The molecule has 0 aliphatic heterocycles. The second-order valence-corrected chi connectivity index (χ2v) is 3.25. The van der Waals surface area contributed by atoms with Gasteiger partial charge in [-0.2, -0.15) is 0 Å². The molecule has 0 bridgehead atoms. The number of aliphatic hydroxyl groups excluding tert-OH is 1. The summed E-state index contributed by atoms with van der Waals surface area (Å²) >= 11 is 5.81. The molecule has 4 heteroatoms. The van der Waals surface area contributed by atoms with Crippen molar-refractivity contribution in [3.05, 3.63) is 35.2 Å². The predicted molar refractivity (Wildman–Crippen MR) is 49.0 cm³/mol. The van der Waals surface area contributed by atoms with Crippen LogP contribution in [-0.2, 0) is 0 Å². The van der Waals surface area contributed by atoms with Crippen LogP contribution in [0.15, 0.2) is 34.0 Å². The number of halogens is 1. The first kappa shape index (κ1) is 8.53. The molecule has 0 spiro atoms. The van der Waals surface area contributed by atoms with Gasteiger partial charge in [-0.15, -0.1) is 0 Å². The SMILES string of the molecule is OC1CC=C(Cl)C=C1c1ccno1. The van der Waals surface area contributed by atoms with Crippen molar-refractivity contribution in [1.29, 1.82) is 0 Å². The van der Waals surface area contributed by atoms with Crippen molar-refractivity contribution in [2.75, 3.05) is 0 Å². The third kappa shape index (κ3) is 1.66. The number of rotatable bonds is 1. The van der Waals surface area contributed by atoms with Crippen LogP contribution in [0.3, 0.4) is 0 Å². The highest BCUT2D eigenvalue weighted by Crippen LogP contribution is 2.27. The Morgan fingerprint density at radius 2 is 2.46 bits per heavy atom. The van der Waals surface area contributed by atoms with Gasteiger partial charge in [0, 0.05) is 16.7 Å². The summed E-state index contributed by atoms with van der Waals surface area (Å²) in [6.07, 6.45) is 4.97. The highest BCUT2D eigenvalue weighted by molar-refractivity contribution is 6.31. The summed E-state index contributed by atoms with van der Waals surface area (Å²) in [4.78, 5) is 0. The number of hydrogen-bond acceptors (Lipinski definition) is 3. The first-order valence-electron chi connectivity index (χ1n) is 3.94. The van der Waals surface area contributed by atoms with Gasteiger partial charge < -0.3 is 9.63 Å². The minimum absolute atomic E-state index is 0.519. The van der Waals surface area contributed by atoms with Gasteiger partial charge in [-0.25, -0.2) is 0 Å². The van der Waals surface area contributed by atoms with Crippen LogP contribution >= 0.6 is 11.6 Å². The number of allylic oxidation sites excluding steroid dienone is 2. The average molecular weight is 198 g/mol. The Morgan fingerprint density at radius 3 is 3.15 bits per heavy atom. The molecule has 0 saturated heterocycles. The topological polar surface area (TPSA) is 46.3 Å². The largest absolute Gasteiger partial charge is 0.388 e. The third-order valence-corrected chi connectivity index (χ3v) is 2.17. The zero-order chi connectivity index (χ0) is 9.26. The van der Waals surface area contributed by atoms with Crippen LogP contribution in [0.1, 0.15) is 12.2 Å². The molecule has 0 fully saturated rings. The second-order valence-electron chi connectivity index (χ2n) is 2.82. The Labute approximate surface area is 80.3 Å².